The summed E-state index contributed by atoms with van der Waals surface area (Å²) in [7, 11) is 0. The fourth-order valence-electron chi connectivity index (χ4n) is 3.51. The van der Waals surface area contributed by atoms with Crippen LogP contribution >= 0.6 is 0 Å². The van der Waals surface area contributed by atoms with Gasteiger partial charge in [-0.3, -0.25) is 19.3 Å². The summed E-state index contributed by atoms with van der Waals surface area (Å²) in [5.74, 6) is -1.44. The van der Waals surface area contributed by atoms with Crippen molar-refractivity contribution in [3.63, 3.8) is 0 Å². The molecule has 0 bridgehead atoms. The highest BCUT2D eigenvalue weighted by molar-refractivity contribution is 5.86. The summed E-state index contributed by atoms with van der Waals surface area (Å²) in [6.45, 7) is -0.259. The molecule has 30 heavy (non-hydrogen) atoms. The van der Waals surface area contributed by atoms with Crippen molar-refractivity contribution in [2.24, 2.45) is 0 Å². The number of aromatic nitrogens is 4. The molecule has 5 nitrogen and oxygen atoms in total. The van der Waals surface area contributed by atoms with E-state index in [0.29, 0.717) is 22.2 Å². The summed E-state index contributed by atoms with van der Waals surface area (Å²) in [5, 5.41) is 1.87. The van der Waals surface area contributed by atoms with Gasteiger partial charge in [-0.25, -0.2) is 13.8 Å². The molecule has 2 aromatic carbocycles. The Morgan fingerprint density at radius 3 is 2.40 bits per heavy atom. The lowest BCUT2D eigenvalue weighted by molar-refractivity contribution is 0.545. The molecule has 0 fully saturated rings. The first-order valence-corrected chi connectivity index (χ1v) is 9.22. The van der Waals surface area contributed by atoms with E-state index in [2.05, 4.69) is 15.0 Å². The second-order valence-corrected chi connectivity index (χ2v) is 6.90. The van der Waals surface area contributed by atoms with E-state index in [1.807, 2.05) is 18.2 Å². The zero-order chi connectivity index (χ0) is 20.7. The van der Waals surface area contributed by atoms with Crippen LogP contribution in [0.3, 0.4) is 0 Å². The number of fused-ring (bicyclic) bond motifs is 2. The fourth-order valence-corrected chi connectivity index (χ4v) is 3.51. The van der Waals surface area contributed by atoms with E-state index < -0.39 is 17.2 Å². The van der Waals surface area contributed by atoms with Crippen LogP contribution in [0, 0.1) is 11.6 Å². The summed E-state index contributed by atoms with van der Waals surface area (Å²) in [4.78, 5) is 24.4. The van der Waals surface area contributed by atoms with E-state index in [-0.39, 0.29) is 12.1 Å². The maximum Gasteiger partial charge on any atom is 0.269 e. The summed E-state index contributed by atoms with van der Waals surface area (Å²) in [6.07, 6.45) is 7.53. The molecule has 0 amide bonds. The first-order valence-electron chi connectivity index (χ1n) is 9.22. The Balaban J connectivity index is 1.58. The molecular weight excluding hydrogens is 386 g/mol. The van der Waals surface area contributed by atoms with Gasteiger partial charge in [-0.1, -0.05) is 12.1 Å². The van der Waals surface area contributed by atoms with Crippen LogP contribution in [0.15, 0.2) is 78.2 Å². The molecule has 0 radical (unpaired) electrons. The van der Waals surface area contributed by atoms with Crippen molar-refractivity contribution < 1.29 is 8.78 Å². The van der Waals surface area contributed by atoms with Gasteiger partial charge in [0, 0.05) is 29.5 Å². The molecule has 0 spiro atoms. The van der Waals surface area contributed by atoms with Crippen LogP contribution in [-0.4, -0.2) is 19.5 Å². The number of halogens is 2. The number of pyridine rings is 2. The fraction of sp³-hybridized carbons (Fsp3) is 0.0435. The highest BCUT2D eigenvalue weighted by Crippen LogP contribution is 2.28. The normalized spacial score (nSPS) is 11.3. The van der Waals surface area contributed by atoms with Crippen LogP contribution < -0.4 is 5.56 Å². The molecular formula is C23H14F2N4O. The molecule has 0 aliphatic rings. The maximum absolute atomic E-state index is 14.9. The number of benzene rings is 2. The Morgan fingerprint density at radius 2 is 1.57 bits per heavy atom. The van der Waals surface area contributed by atoms with E-state index in [9.17, 15) is 13.6 Å². The van der Waals surface area contributed by atoms with E-state index in [0.717, 1.165) is 17.0 Å². The predicted octanol–water partition coefficient (Wildman–Crippen LogP) is 4.33. The third-order valence-corrected chi connectivity index (χ3v) is 5.08. The molecule has 5 rings (SSSR count). The van der Waals surface area contributed by atoms with Gasteiger partial charge in [0.15, 0.2) is 0 Å². The Hall–Kier alpha value is -4.00. The monoisotopic (exact) mass is 400 g/mol. The van der Waals surface area contributed by atoms with Crippen LogP contribution in [0.1, 0.15) is 5.56 Å². The second kappa shape index (κ2) is 7.11. The lowest BCUT2D eigenvalue weighted by Crippen LogP contribution is -2.22. The van der Waals surface area contributed by atoms with Crippen molar-refractivity contribution in [1.29, 1.82) is 0 Å². The Labute approximate surface area is 169 Å². The van der Waals surface area contributed by atoms with Gasteiger partial charge in [0.25, 0.3) is 5.56 Å². The Kier molecular flexibility index (Phi) is 4.28. The lowest BCUT2D eigenvalue weighted by Gasteiger charge is -2.12. The lowest BCUT2D eigenvalue weighted by atomic mass is 10.00. The molecule has 7 heteroatoms. The van der Waals surface area contributed by atoms with Crippen molar-refractivity contribution in [3.05, 3.63) is 101 Å². The topological polar surface area (TPSA) is 60.7 Å². The predicted molar refractivity (Wildman–Crippen MR) is 110 cm³/mol. The Morgan fingerprint density at radius 1 is 0.800 bits per heavy atom. The van der Waals surface area contributed by atoms with Gasteiger partial charge in [-0.15, -0.1) is 0 Å². The van der Waals surface area contributed by atoms with E-state index in [1.54, 1.807) is 30.7 Å². The summed E-state index contributed by atoms with van der Waals surface area (Å²) in [6, 6.07) is 11.6. The molecule has 0 saturated carbocycles. The standard InChI is InChI=1S/C23H14F2N4O/c24-19-8-17(14-1-2-16-10-26-5-3-15(16)7-14)9-20(25)18(19)13-29-22-11-27-6-4-21(22)28-12-23(29)30/h1-12H,13H2. The summed E-state index contributed by atoms with van der Waals surface area (Å²) < 4.78 is 31.1. The quantitative estimate of drug-likeness (QED) is 0.452. The summed E-state index contributed by atoms with van der Waals surface area (Å²) >= 11 is 0. The van der Waals surface area contributed by atoms with Crippen molar-refractivity contribution in [2.75, 3.05) is 0 Å². The van der Waals surface area contributed by atoms with Crippen molar-refractivity contribution in [2.45, 2.75) is 6.54 Å². The van der Waals surface area contributed by atoms with Gasteiger partial charge in [0.2, 0.25) is 0 Å². The van der Waals surface area contributed by atoms with Gasteiger partial charge in [0.1, 0.15) is 11.6 Å². The average molecular weight is 400 g/mol. The first-order chi connectivity index (χ1) is 14.6. The number of rotatable bonds is 3. The average Bonchev–Trinajstić information content (AvgIpc) is 2.77. The third-order valence-electron chi connectivity index (χ3n) is 5.08. The number of hydrogen-bond acceptors (Lipinski definition) is 4. The zero-order valence-corrected chi connectivity index (χ0v) is 15.6. The van der Waals surface area contributed by atoms with Crippen molar-refractivity contribution in [3.8, 4) is 11.1 Å². The van der Waals surface area contributed by atoms with Crippen LogP contribution in [0.2, 0.25) is 0 Å². The minimum Gasteiger partial charge on any atom is -0.299 e. The second-order valence-electron chi connectivity index (χ2n) is 6.90. The van der Waals surface area contributed by atoms with Gasteiger partial charge >= 0.3 is 0 Å². The smallest absolute Gasteiger partial charge is 0.269 e. The molecule has 3 aromatic heterocycles. The molecule has 146 valence electrons. The Bertz CT molecular complexity index is 1460. The maximum atomic E-state index is 14.9. The van der Waals surface area contributed by atoms with Crippen LogP contribution in [-0.2, 0) is 6.54 Å². The number of nitrogens with zero attached hydrogens (tertiary/aromatic N) is 4. The van der Waals surface area contributed by atoms with E-state index >= 15 is 0 Å². The van der Waals surface area contributed by atoms with Crippen molar-refractivity contribution >= 4 is 21.8 Å². The van der Waals surface area contributed by atoms with Crippen LogP contribution in [0.25, 0.3) is 32.9 Å². The molecule has 0 unspecified atom stereocenters. The molecule has 0 N–H and O–H groups in total. The molecule has 0 aliphatic carbocycles. The SMILES string of the molecule is O=c1cnc2ccncc2n1Cc1c(F)cc(-c2ccc3cnccc3c2)cc1F. The summed E-state index contributed by atoms with van der Waals surface area (Å²) in [5.41, 5.74) is 1.39. The van der Waals surface area contributed by atoms with Crippen LogP contribution in [0.5, 0.6) is 0 Å². The zero-order valence-electron chi connectivity index (χ0n) is 15.6. The van der Waals surface area contributed by atoms with Gasteiger partial charge < -0.3 is 0 Å². The molecule has 3 heterocycles. The minimum atomic E-state index is -0.722. The first kappa shape index (κ1) is 18.1. The van der Waals surface area contributed by atoms with E-state index in [4.69, 9.17) is 0 Å². The van der Waals surface area contributed by atoms with Gasteiger partial charge in [-0.2, -0.15) is 0 Å². The van der Waals surface area contributed by atoms with Gasteiger partial charge in [0.05, 0.1) is 30.0 Å². The van der Waals surface area contributed by atoms with E-state index in [1.165, 1.54) is 22.9 Å². The highest BCUT2D eigenvalue weighted by atomic mass is 19.1. The van der Waals surface area contributed by atoms with Crippen LogP contribution in [0.4, 0.5) is 8.78 Å². The molecule has 0 aliphatic heterocycles. The largest absolute Gasteiger partial charge is 0.299 e. The van der Waals surface area contributed by atoms with Gasteiger partial charge in [-0.05, 0) is 46.8 Å². The molecule has 5 aromatic rings. The van der Waals surface area contributed by atoms with Crippen molar-refractivity contribution in [1.82, 2.24) is 19.5 Å². The molecule has 0 saturated heterocycles. The third kappa shape index (κ3) is 3.10. The number of hydrogen-bond donors (Lipinski definition) is 0. The highest BCUT2D eigenvalue weighted by Gasteiger charge is 2.15. The molecule has 0 atom stereocenters. The minimum absolute atomic E-state index is 0.192.